The van der Waals surface area contributed by atoms with Gasteiger partial charge in [0.05, 0.1) is 10.7 Å². The lowest BCUT2D eigenvalue weighted by Gasteiger charge is -2.06. The summed E-state index contributed by atoms with van der Waals surface area (Å²) in [5.74, 6) is -0.269. The largest absolute Gasteiger partial charge is 0.397 e. The number of H-pyrrole nitrogens is 1. The van der Waals surface area contributed by atoms with Crippen molar-refractivity contribution in [3.05, 3.63) is 46.7 Å². The predicted molar refractivity (Wildman–Crippen MR) is 69.3 cm³/mol. The van der Waals surface area contributed by atoms with Crippen molar-refractivity contribution in [2.75, 3.05) is 11.1 Å². The van der Waals surface area contributed by atoms with Gasteiger partial charge in [-0.05, 0) is 30.7 Å². The molecule has 0 aliphatic heterocycles. The average molecular weight is 250 g/mol. The summed E-state index contributed by atoms with van der Waals surface area (Å²) in [5.41, 5.74) is 8.06. The van der Waals surface area contributed by atoms with Gasteiger partial charge in [-0.2, -0.15) is 0 Å². The van der Waals surface area contributed by atoms with Gasteiger partial charge in [0.15, 0.2) is 0 Å². The van der Waals surface area contributed by atoms with Gasteiger partial charge in [-0.1, -0.05) is 17.7 Å². The molecule has 0 saturated heterocycles. The summed E-state index contributed by atoms with van der Waals surface area (Å²) >= 11 is 5.98. The molecule has 1 aromatic carbocycles. The zero-order valence-electron chi connectivity index (χ0n) is 9.25. The first-order valence-electron chi connectivity index (χ1n) is 5.07. The zero-order chi connectivity index (χ0) is 12.4. The van der Waals surface area contributed by atoms with Crippen molar-refractivity contribution in [2.45, 2.75) is 6.92 Å². The van der Waals surface area contributed by atoms with E-state index in [1.807, 2.05) is 19.1 Å². The van der Waals surface area contributed by atoms with Gasteiger partial charge in [0, 0.05) is 11.9 Å². The SMILES string of the molecule is Cc1ccc(Cl)c(NC(=O)c2cc(N)c[nH]2)c1. The second-order valence-electron chi connectivity index (χ2n) is 3.78. The lowest BCUT2D eigenvalue weighted by atomic mass is 10.2. The number of amides is 1. The quantitative estimate of drug-likeness (QED) is 0.766. The van der Waals surface area contributed by atoms with E-state index in [1.165, 1.54) is 0 Å². The van der Waals surface area contributed by atoms with Crippen LogP contribution in [0.25, 0.3) is 0 Å². The molecule has 1 heterocycles. The maximum absolute atomic E-state index is 11.8. The number of nitrogens with one attached hydrogen (secondary N) is 2. The number of aromatic amines is 1. The first-order chi connectivity index (χ1) is 8.06. The van der Waals surface area contributed by atoms with Crippen molar-refractivity contribution < 1.29 is 4.79 Å². The van der Waals surface area contributed by atoms with Gasteiger partial charge in [0.1, 0.15) is 5.69 Å². The smallest absolute Gasteiger partial charge is 0.272 e. The number of nitrogen functional groups attached to an aromatic ring is 1. The number of aromatic nitrogens is 1. The van der Waals surface area contributed by atoms with Crippen LogP contribution in [0.5, 0.6) is 0 Å². The molecule has 0 saturated carbocycles. The fourth-order valence-corrected chi connectivity index (χ4v) is 1.63. The molecular formula is C12H12ClN3O. The standard InChI is InChI=1S/C12H12ClN3O/c1-7-2-3-9(13)10(4-7)16-12(17)11-5-8(14)6-15-11/h2-6,15H,14H2,1H3,(H,16,17). The summed E-state index contributed by atoms with van der Waals surface area (Å²) in [4.78, 5) is 14.6. The van der Waals surface area contributed by atoms with E-state index < -0.39 is 0 Å². The fraction of sp³-hybridized carbons (Fsp3) is 0.0833. The number of carbonyl (C=O) groups is 1. The molecule has 0 radical (unpaired) electrons. The molecule has 88 valence electrons. The van der Waals surface area contributed by atoms with Crippen molar-refractivity contribution in [1.82, 2.24) is 4.98 Å². The number of hydrogen-bond acceptors (Lipinski definition) is 2. The number of rotatable bonds is 2. The molecule has 17 heavy (non-hydrogen) atoms. The van der Waals surface area contributed by atoms with E-state index in [4.69, 9.17) is 17.3 Å². The average Bonchev–Trinajstić information content (AvgIpc) is 2.70. The molecule has 1 amide bonds. The first-order valence-corrected chi connectivity index (χ1v) is 5.45. The van der Waals surface area contributed by atoms with E-state index in [1.54, 1.807) is 18.3 Å². The molecule has 1 aromatic heterocycles. The van der Waals surface area contributed by atoms with Crippen molar-refractivity contribution in [3.8, 4) is 0 Å². The highest BCUT2D eigenvalue weighted by molar-refractivity contribution is 6.33. The van der Waals surface area contributed by atoms with E-state index >= 15 is 0 Å². The summed E-state index contributed by atoms with van der Waals surface area (Å²) in [5, 5.41) is 3.23. The first kappa shape index (κ1) is 11.5. The van der Waals surface area contributed by atoms with Gasteiger partial charge in [0.25, 0.3) is 5.91 Å². The number of hydrogen-bond donors (Lipinski definition) is 3. The summed E-state index contributed by atoms with van der Waals surface area (Å²) in [6, 6.07) is 7.01. The molecule has 0 fully saturated rings. The van der Waals surface area contributed by atoms with Gasteiger partial charge in [-0.15, -0.1) is 0 Å². The van der Waals surface area contributed by atoms with Crippen LogP contribution in [0.2, 0.25) is 5.02 Å². The van der Waals surface area contributed by atoms with Crippen molar-refractivity contribution in [2.24, 2.45) is 0 Å². The molecular weight excluding hydrogens is 238 g/mol. The Morgan fingerprint density at radius 3 is 2.82 bits per heavy atom. The minimum absolute atomic E-state index is 0.269. The molecule has 0 bridgehead atoms. The fourth-order valence-electron chi connectivity index (χ4n) is 1.47. The van der Waals surface area contributed by atoms with Crippen LogP contribution in [0.15, 0.2) is 30.5 Å². The van der Waals surface area contributed by atoms with Gasteiger partial charge < -0.3 is 16.0 Å². The third kappa shape index (κ3) is 2.60. The van der Waals surface area contributed by atoms with E-state index in [0.717, 1.165) is 5.56 Å². The van der Waals surface area contributed by atoms with Gasteiger partial charge in [0.2, 0.25) is 0 Å². The van der Waals surface area contributed by atoms with Crippen LogP contribution in [0.1, 0.15) is 16.1 Å². The molecule has 0 unspecified atom stereocenters. The Morgan fingerprint density at radius 1 is 1.41 bits per heavy atom. The van der Waals surface area contributed by atoms with Crippen LogP contribution in [0.3, 0.4) is 0 Å². The number of nitrogens with two attached hydrogens (primary N) is 1. The molecule has 0 aliphatic rings. The van der Waals surface area contributed by atoms with Crippen molar-refractivity contribution in [1.29, 1.82) is 0 Å². The van der Waals surface area contributed by atoms with Crippen molar-refractivity contribution in [3.63, 3.8) is 0 Å². The Hall–Kier alpha value is -1.94. The highest BCUT2D eigenvalue weighted by atomic mass is 35.5. The van der Waals surface area contributed by atoms with Crippen LogP contribution >= 0.6 is 11.6 Å². The normalized spacial score (nSPS) is 10.2. The Bertz CT molecular complexity index is 563. The molecule has 2 aromatic rings. The minimum atomic E-state index is -0.269. The minimum Gasteiger partial charge on any atom is -0.397 e. The van der Waals surface area contributed by atoms with E-state index in [0.29, 0.717) is 22.1 Å². The number of benzene rings is 1. The lowest BCUT2D eigenvalue weighted by Crippen LogP contribution is -2.12. The predicted octanol–water partition coefficient (Wildman–Crippen LogP) is 2.81. The van der Waals surface area contributed by atoms with Crippen LogP contribution in [-0.4, -0.2) is 10.9 Å². The monoisotopic (exact) mass is 249 g/mol. The molecule has 4 nitrogen and oxygen atoms in total. The molecule has 0 spiro atoms. The van der Waals surface area contributed by atoms with Gasteiger partial charge >= 0.3 is 0 Å². The van der Waals surface area contributed by atoms with Crippen LogP contribution in [0.4, 0.5) is 11.4 Å². The summed E-state index contributed by atoms with van der Waals surface area (Å²) in [6.07, 6.45) is 1.56. The van der Waals surface area contributed by atoms with Gasteiger partial charge in [-0.3, -0.25) is 4.79 Å². The third-order valence-corrected chi connectivity index (χ3v) is 2.65. The molecule has 2 rings (SSSR count). The van der Waals surface area contributed by atoms with Gasteiger partial charge in [-0.25, -0.2) is 0 Å². The van der Waals surface area contributed by atoms with E-state index in [-0.39, 0.29) is 5.91 Å². The van der Waals surface area contributed by atoms with E-state index in [9.17, 15) is 4.79 Å². The Kier molecular flexibility index (Phi) is 3.06. The van der Waals surface area contributed by atoms with Crippen LogP contribution in [0, 0.1) is 6.92 Å². The number of carbonyl (C=O) groups excluding carboxylic acids is 1. The summed E-state index contributed by atoms with van der Waals surface area (Å²) < 4.78 is 0. The van der Waals surface area contributed by atoms with Crippen LogP contribution < -0.4 is 11.1 Å². The second-order valence-corrected chi connectivity index (χ2v) is 4.19. The molecule has 0 atom stereocenters. The van der Waals surface area contributed by atoms with Crippen molar-refractivity contribution >= 4 is 28.9 Å². The molecule has 5 heteroatoms. The highest BCUT2D eigenvalue weighted by Gasteiger charge is 2.10. The maximum Gasteiger partial charge on any atom is 0.272 e. The summed E-state index contributed by atoms with van der Waals surface area (Å²) in [6.45, 7) is 1.93. The van der Waals surface area contributed by atoms with E-state index in [2.05, 4.69) is 10.3 Å². The lowest BCUT2D eigenvalue weighted by molar-refractivity contribution is 0.102. The Labute approximate surface area is 104 Å². The second kappa shape index (κ2) is 4.51. The number of anilines is 2. The highest BCUT2D eigenvalue weighted by Crippen LogP contribution is 2.23. The zero-order valence-corrected chi connectivity index (χ0v) is 10.0. The Morgan fingerprint density at radius 2 is 2.18 bits per heavy atom. The number of aryl methyl sites for hydroxylation is 1. The topological polar surface area (TPSA) is 70.9 Å². The molecule has 0 aliphatic carbocycles. The maximum atomic E-state index is 11.8. The number of halogens is 1. The third-order valence-electron chi connectivity index (χ3n) is 2.32. The Balaban J connectivity index is 2.21. The molecule has 4 N–H and O–H groups in total. The van der Waals surface area contributed by atoms with Crippen LogP contribution in [-0.2, 0) is 0 Å². The summed E-state index contributed by atoms with van der Waals surface area (Å²) in [7, 11) is 0.